The molecule has 0 saturated heterocycles. The van der Waals surface area contributed by atoms with E-state index in [1.54, 1.807) is 18.2 Å². The average molecular weight is 505 g/mol. The highest BCUT2D eigenvalue weighted by Crippen LogP contribution is 2.37. The summed E-state index contributed by atoms with van der Waals surface area (Å²) >= 11 is 13.8. The number of benzene rings is 2. The van der Waals surface area contributed by atoms with Crippen LogP contribution >= 0.6 is 35.0 Å². The van der Waals surface area contributed by atoms with Crippen molar-refractivity contribution in [2.45, 2.75) is 25.6 Å². The Morgan fingerprint density at radius 2 is 1.85 bits per heavy atom. The first-order valence-corrected chi connectivity index (χ1v) is 11.6. The number of carbonyl (C=O) groups excluding carboxylic acids is 1. The topological polar surface area (TPSA) is 85.7 Å². The zero-order valence-corrected chi connectivity index (χ0v) is 20.6. The van der Waals surface area contributed by atoms with E-state index in [9.17, 15) is 4.79 Å². The lowest BCUT2D eigenvalue weighted by molar-refractivity contribution is -0.118. The van der Waals surface area contributed by atoms with E-state index in [1.807, 2.05) is 38.1 Å². The molecule has 0 atom stereocenters. The number of ether oxygens (including phenoxy) is 2. The van der Waals surface area contributed by atoms with E-state index in [0.717, 1.165) is 17.0 Å². The molecule has 0 fully saturated rings. The molecule has 10 heteroatoms. The Balaban J connectivity index is 1.59. The molecule has 1 heterocycles. The van der Waals surface area contributed by atoms with E-state index < -0.39 is 0 Å². The van der Waals surface area contributed by atoms with Gasteiger partial charge in [-0.05, 0) is 43.7 Å². The Labute approximate surface area is 206 Å². The van der Waals surface area contributed by atoms with Crippen LogP contribution in [0, 0.1) is 13.8 Å². The first kappa shape index (κ1) is 24.8. The van der Waals surface area contributed by atoms with Crippen LogP contribution in [-0.4, -0.2) is 35.0 Å². The fraction of sp³-hybridized carbons (Fsp3) is 0.217. The summed E-state index contributed by atoms with van der Waals surface area (Å²) in [6, 6.07) is 12.6. The first-order chi connectivity index (χ1) is 15.9. The Morgan fingerprint density at radius 3 is 2.55 bits per heavy atom. The number of hydrogen-bond acceptors (Lipinski definition) is 7. The molecule has 3 aromatic rings. The lowest BCUT2D eigenvalue weighted by Gasteiger charge is -2.14. The van der Waals surface area contributed by atoms with E-state index in [-0.39, 0.29) is 18.3 Å². The predicted octanol–water partition coefficient (Wildman–Crippen LogP) is 5.23. The summed E-state index contributed by atoms with van der Waals surface area (Å²) in [5, 5.41) is 5.49. The van der Waals surface area contributed by atoms with Crippen LogP contribution in [0.3, 0.4) is 0 Å². The first-order valence-electron chi connectivity index (χ1n) is 9.86. The smallest absolute Gasteiger partial charge is 0.250 e. The van der Waals surface area contributed by atoms with Gasteiger partial charge in [0.15, 0.2) is 16.7 Å². The van der Waals surface area contributed by atoms with Gasteiger partial charge in [-0.15, -0.1) is 0 Å². The molecule has 0 radical (unpaired) electrons. The van der Waals surface area contributed by atoms with E-state index in [4.69, 9.17) is 32.7 Å². The maximum absolute atomic E-state index is 12.1. The van der Waals surface area contributed by atoms with Crippen molar-refractivity contribution in [2.75, 3.05) is 12.9 Å². The van der Waals surface area contributed by atoms with Crippen LogP contribution in [0.2, 0.25) is 10.0 Å². The van der Waals surface area contributed by atoms with Crippen molar-refractivity contribution in [1.29, 1.82) is 0 Å². The second-order valence-corrected chi connectivity index (χ2v) is 8.69. The number of nitrogens with zero attached hydrogens (tertiary/aromatic N) is 3. The molecule has 0 aliphatic carbocycles. The van der Waals surface area contributed by atoms with Crippen molar-refractivity contribution in [3.05, 3.63) is 75.0 Å². The molecule has 33 heavy (non-hydrogen) atoms. The quantitative estimate of drug-likeness (QED) is 0.186. The number of hydrazone groups is 1. The summed E-state index contributed by atoms with van der Waals surface area (Å²) in [6.07, 6.45) is 1.47. The third-order valence-corrected chi connectivity index (χ3v) is 5.78. The zero-order valence-electron chi connectivity index (χ0n) is 18.3. The fourth-order valence-electron chi connectivity index (χ4n) is 2.82. The number of thioether (sulfide) groups is 1. The Bertz CT molecular complexity index is 1150. The summed E-state index contributed by atoms with van der Waals surface area (Å²) in [7, 11) is 1.52. The van der Waals surface area contributed by atoms with Gasteiger partial charge >= 0.3 is 0 Å². The molecule has 0 bridgehead atoms. The van der Waals surface area contributed by atoms with Crippen molar-refractivity contribution in [3.63, 3.8) is 0 Å². The summed E-state index contributed by atoms with van der Waals surface area (Å²) in [5.74, 6) is 0.686. The lowest BCUT2D eigenvalue weighted by Crippen LogP contribution is -2.19. The molecule has 0 aliphatic rings. The number of hydrogen-bond donors (Lipinski definition) is 1. The van der Waals surface area contributed by atoms with Crippen LogP contribution in [0.4, 0.5) is 0 Å². The van der Waals surface area contributed by atoms with Crippen molar-refractivity contribution in [3.8, 4) is 11.5 Å². The summed E-state index contributed by atoms with van der Waals surface area (Å²) < 4.78 is 11.3. The predicted molar refractivity (Wildman–Crippen MR) is 132 cm³/mol. The molecule has 0 unspecified atom stereocenters. The molecular formula is C23H22Cl2N4O3S. The summed E-state index contributed by atoms with van der Waals surface area (Å²) in [5.41, 5.74) is 5.65. The van der Waals surface area contributed by atoms with Crippen molar-refractivity contribution < 1.29 is 14.3 Å². The lowest BCUT2D eigenvalue weighted by atomic mass is 10.2. The standard InChI is InChI=1S/C23H22Cl2N4O3S/c1-14-8-15(2)28-23(27-14)33-13-21(30)29-26-11-16-9-19(25)22(20(10-16)31-3)32-12-17-6-4-5-7-18(17)24/h4-11H,12-13H2,1-3H3,(H,29,30)/b26-11-. The molecular weight excluding hydrogens is 483 g/mol. The third kappa shape index (κ3) is 7.35. The van der Waals surface area contributed by atoms with Crippen LogP contribution in [0.15, 0.2) is 52.7 Å². The SMILES string of the molecule is COc1cc(/C=N\NC(=O)CSc2nc(C)cc(C)n2)cc(Cl)c1OCc1ccccc1Cl. The number of nitrogens with one attached hydrogen (secondary N) is 1. The van der Waals surface area contributed by atoms with Gasteiger partial charge in [0.05, 0.1) is 24.1 Å². The highest BCUT2D eigenvalue weighted by Gasteiger charge is 2.13. The van der Waals surface area contributed by atoms with Crippen LogP contribution in [0.25, 0.3) is 0 Å². The minimum absolute atomic E-state index is 0.138. The van der Waals surface area contributed by atoms with Gasteiger partial charge in [-0.25, -0.2) is 15.4 Å². The van der Waals surface area contributed by atoms with Gasteiger partial charge in [-0.1, -0.05) is 53.2 Å². The Kier molecular flexibility index (Phi) is 8.94. The van der Waals surface area contributed by atoms with Crippen LogP contribution in [0.5, 0.6) is 11.5 Å². The molecule has 2 aromatic carbocycles. The van der Waals surface area contributed by atoms with Gasteiger partial charge in [0, 0.05) is 22.0 Å². The number of aromatic nitrogens is 2. The van der Waals surface area contributed by atoms with E-state index >= 15 is 0 Å². The molecule has 0 spiro atoms. The van der Waals surface area contributed by atoms with Gasteiger partial charge < -0.3 is 9.47 Å². The molecule has 3 rings (SSSR count). The molecule has 0 aliphatic heterocycles. The highest BCUT2D eigenvalue weighted by atomic mass is 35.5. The fourth-order valence-corrected chi connectivity index (χ4v) is 4.02. The van der Waals surface area contributed by atoms with Gasteiger partial charge in [0.2, 0.25) is 0 Å². The summed E-state index contributed by atoms with van der Waals surface area (Å²) in [4.78, 5) is 20.7. The Hall–Kier alpha value is -2.81. The highest BCUT2D eigenvalue weighted by molar-refractivity contribution is 7.99. The molecule has 1 N–H and O–H groups in total. The maximum Gasteiger partial charge on any atom is 0.250 e. The average Bonchev–Trinajstić information content (AvgIpc) is 2.77. The van der Waals surface area contributed by atoms with Crippen LogP contribution < -0.4 is 14.9 Å². The molecule has 0 saturated carbocycles. The van der Waals surface area contributed by atoms with E-state index in [1.165, 1.54) is 25.1 Å². The number of rotatable bonds is 9. The van der Waals surface area contributed by atoms with Gasteiger partial charge in [0.1, 0.15) is 6.61 Å². The second-order valence-electron chi connectivity index (χ2n) is 6.93. The number of halogens is 2. The van der Waals surface area contributed by atoms with Crippen LogP contribution in [-0.2, 0) is 11.4 Å². The number of carbonyl (C=O) groups is 1. The molecule has 7 nitrogen and oxygen atoms in total. The monoisotopic (exact) mass is 504 g/mol. The Morgan fingerprint density at radius 1 is 1.12 bits per heavy atom. The number of amides is 1. The second kappa shape index (κ2) is 11.9. The van der Waals surface area contributed by atoms with Crippen LogP contribution in [0.1, 0.15) is 22.5 Å². The van der Waals surface area contributed by atoms with Crippen molar-refractivity contribution in [1.82, 2.24) is 15.4 Å². The largest absolute Gasteiger partial charge is 0.493 e. The molecule has 172 valence electrons. The number of methoxy groups -OCH3 is 1. The van der Waals surface area contributed by atoms with E-state index in [0.29, 0.717) is 32.3 Å². The molecule has 1 aromatic heterocycles. The maximum atomic E-state index is 12.1. The van der Waals surface area contributed by atoms with Gasteiger partial charge in [0.25, 0.3) is 5.91 Å². The van der Waals surface area contributed by atoms with E-state index in [2.05, 4.69) is 20.5 Å². The normalized spacial score (nSPS) is 10.9. The minimum Gasteiger partial charge on any atom is -0.493 e. The van der Waals surface area contributed by atoms with Crippen molar-refractivity contribution >= 4 is 47.1 Å². The zero-order chi connectivity index (χ0) is 23.8. The van der Waals surface area contributed by atoms with Gasteiger partial charge in [-0.3, -0.25) is 4.79 Å². The molecule has 1 amide bonds. The van der Waals surface area contributed by atoms with Gasteiger partial charge in [-0.2, -0.15) is 5.10 Å². The van der Waals surface area contributed by atoms with Crippen molar-refractivity contribution in [2.24, 2.45) is 5.10 Å². The summed E-state index contributed by atoms with van der Waals surface area (Å²) in [6.45, 7) is 4.01. The third-order valence-electron chi connectivity index (χ3n) is 4.28. The minimum atomic E-state index is -0.281. The number of aryl methyl sites for hydroxylation is 2.